The average Bonchev–Trinajstić information content (AvgIpc) is 3.69. The molecule has 3 aliphatic rings. The number of anilines is 1. The fourth-order valence-corrected chi connectivity index (χ4v) is 6.26. The lowest BCUT2D eigenvalue weighted by atomic mass is 9.93. The molecule has 6 rings (SSSR count). The number of aryl methyl sites for hydroxylation is 1. The molecular formula is C31H33FN4O2. The number of amides is 2. The van der Waals surface area contributed by atoms with Gasteiger partial charge in [-0.25, -0.2) is 4.39 Å². The van der Waals surface area contributed by atoms with E-state index >= 15 is 0 Å². The first-order valence-electron chi connectivity index (χ1n) is 13.6. The van der Waals surface area contributed by atoms with E-state index in [0.717, 1.165) is 56.0 Å². The number of H-pyrrole nitrogens is 1. The normalized spacial score (nSPS) is 20.4. The van der Waals surface area contributed by atoms with Crippen LogP contribution >= 0.6 is 0 Å². The number of rotatable bonds is 6. The van der Waals surface area contributed by atoms with Gasteiger partial charge >= 0.3 is 0 Å². The van der Waals surface area contributed by atoms with Crippen LogP contribution in [0, 0.1) is 12.7 Å². The monoisotopic (exact) mass is 512 g/mol. The van der Waals surface area contributed by atoms with E-state index in [1.165, 1.54) is 18.9 Å². The Labute approximate surface area is 222 Å². The van der Waals surface area contributed by atoms with E-state index in [0.29, 0.717) is 28.0 Å². The molecule has 38 heavy (non-hydrogen) atoms. The van der Waals surface area contributed by atoms with Gasteiger partial charge in [-0.1, -0.05) is 30.3 Å². The van der Waals surface area contributed by atoms with E-state index in [1.54, 1.807) is 18.2 Å². The van der Waals surface area contributed by atoms with Gasteiger partial charge in [-0.3, -0.25) is 9.59 Å². The molecule has 196 valence electrons. The number of aromatic nitrogens is 1. The van der Waals surface area contributed by atoms with Crippen LogP contribution in [0.1, 0.15) is 48.2 Å². The summed E-state index contributed by atoms with van der Waals surface area (Å²) >= 11 is 0. The summed E-state index contributed by atoms with van der Waals surface area (Å²) in [5, 5.41) is 2.93. The lowest BCUT2D eigenvalue weighted by Crippen LogP contribution is -2.43. The maximum Gasteiger partial charge on any atom is 0.256 e. The Morgan fingerprint density at radius 3 is 2.66 bits per heavy atom. The number of nitrogens with zero attached hydrogens (tertiary/aromatic N) is 2. The van der Waals surface area contributed by atoms with Crippen LogP contribution in [-0.4, -0.2) is 58.8 Å². The first kappa shape index (κ1) is 24.6. The summed E-state index contributed by atoms with van der Waals surface area (Å²) in [4.78, 5) is 34.5. The van der Waals surface area contributed by atoms with Gasteiger partial charge in [0.15, 0.2) is 0 Å². The van der Waals surface area contributed by atoms with Gasteiger partial charge < -0.3 is 20.1 Å². The zero-order chi connectivity index (χ0) is 26.2. The summed E-state index contributed by atoms with van der Waals surface area (Å²) in [5.74, 6) is -0.442. The van der Waals surface area contributed by atoms with Gasteiger partial charge in [-0.2, -0.15) is 0 Å². The van der Waals surface area contributed by atoms with Crippen molar-refractivity contribution >= 4 is 29.2 Å². The Kier molecular flexibility index (Phi) is 6.62. The van der Waals surface area contributed by atoms with Crippen molar-refractivity contribution in [3.8, 4) is 11.1 Å². The number of aromatic amines is 1. The second-order valence-corrected chi connectivity index (χ2v) is 10.7. The molecule has 2 amide bonds. The van der Waals surface area contributed by atoms with Crippen molar-refractivity contribution in [2.24, 2.45) is 0 Å². The second kappa shape index (κ2) is 10.2. The molecule has 6 nitrogen and oxygen atoms in total. The standard InChI is InChI=1S/C31H33FN4O2/c1-20-16-21(17-29(37)36-15-7-8-22(36)19-35-13-4-5-14-35)28(33-20)18-25-30-24(23-9-2-3-11-26(23)32)10-6-12-27(30)34-31(25)38/h2-3,6,9-12,16,18,22,33H,4-5,7-8,13-15,17,19H2,1H3,(H,34,38)/b25-18-/t22-/m0/s1. The summed E-state index contributed by atoms with van der Waals surface area (Å²) < 4.78 is 14.7. The van der Waals surface area contributed by atoms with Crippen LogP contribution in [0.5, 0.6) is 0 Å². The van der Waals surface area contributed by atoms with Gasteiger partial charge in [-0.15, -0.1) is 0 Å². The minimum absolute atomic E-state index is 0.133. The van der Waals surface area contributed by atoms with Crippen molar-refractivity contribution in [3.05, 3.63) is 76.9 Å². The third-order valence-corrected chi connectivity index (χ3v) is 8.05. The third-order valence-electron chi connectivity index (χ3n) is 8.05. The van der Waals surface area contributed by atoms with Crippen molar-refractivity contribution in [2.75, 3.05) is 31.5 Å². The Morgan fingerprint density at radius 2 is 1.84 bits per heavy atom. The molecule has 0 spiro atoms. The SMILES string of the molecule is Cc1cc(CC(=O)N2CCC[C@H]2CN2CCCC2)c(/C=C2\C(=O)Nc3cccc(-c4ccccc4F)c32)[nH]1. The fourth-order valence-electron chi connectivity index (χ4n) is 6.26. The molecule has 2 fully saturated rings. The molecule has 0 aliphatic carbocycles. The molecule has 4 heterocycles. The zero-order valence-corrected chi connectivity index (χ0v) is 21.7. The van der Waals surface area contributed by atoms with Gasteiger partial charge in [0.1, 0.15) is 5.82 Å². The molecule has 1 atom stereocenters. The van der Waals surface area contributed by atoms with Crippen molar-refractivity contribution < 1.29 is 14.0 Å². The molecule has 1 aromatic heterocycles. The molecule has 0 saturated carbocycles. The molecule has 0 radical (unpaired) electrons. The van der Waals surface area contributed by atoms with Crippen LogP contribution in [0.3, 0.4) is 0 Å². The highest BCUT2D eigenvalue weighted by atomic mass is 19.1. The van der Waals surface area contributed by atoms with Gasteiger partial charge in [0.25, 0.3) is 5.91 Å². The molecule has 3 aromatic rings. The highest BCUT2D eigenvalue weighted by Gasteiger charge is 2.32. The maximum absolute atomic E-state index is 14.7. The zero-order valence-electron chi connectivity index (χ0n) is 21.7. The number of carbonyl (C=O) groups excluding carboxylic acids is 2. The predicted molar refractivity (Wildman–Crippen MR) is 148 cm³/mol. The predicted octanol–water partition coefficient (Wildman–Crippen LogP) is 5.25. The molecule has 2 aromatic carbocycles. The molecule has 3 aliphatic heterocycles. The molecule has 0 bridgehead atoms. The topological polar surface area (TPSA) is 68.4 Å². The Morgan fingerprint density at radius 1 is 1.05 bits per heavy atom. The number of fused-ring (bicyclic) bond motifs is 1. The van der Waals surface area contributed by atoms with Crippen molar-refractivity contribution in [1.29, 1.82) is 0 Å². The van der Waals surface area contributed by atoms with Crippen LogP contribution in [0.25, 0.3) is 22.8 Å². The minimum Gasteiger partial charge on any atom is -0.359 e. The number of hydrogen-bond acceptors (Lipinski definition) is 3. The van der Waals surface area contributed by atoms with Crippen molar-refractivity contribution in [2.45, 2.75) is 45.1 Å². The summed E-state index contributed by atoms with van der Waals surface area (Å²) in [6, 6.07) is 14.4. The third kappa shape index (κ3) is 4.67. The van der Waals surface area contributed by atoms with E-state index in [9.17, 15) is 14.0 Å². The minimum atomic E-state index is -0.337. The quantitative estimate of drug-likeness (QED) is 0.443. The number of carbonyl (C=O) groups is 2. The maximum atomic E-state index is 14.7. The lowest BCUT2D eigenvalue weighted by molar-refractivity contribution is -0.131. The van der Waals surface area contributed by atoms with Gasteiger partial charge in [0, 0.05) is 47.3 Å². The van der Waals surface area contributed by atoms with Gasteiger partial charge in [0.2, 0.25) is 5.91 Å². The lowest BCUT2D eigenvalue weighted by Gasteiger charge is -2.28. The van der Waals surface area contributed by atoms with Crippen LogP contribution < -0.4 is 5.32 Å². The molecule has 2 saturated heterocycles. The van der Waals surface area contributed by atoms with E-state index in [4.69, 9.17) is 0 Å². The van der Waals surface area contributed by atoms with E-state index in [-0.39, 0.29) is 30.1 Å². The van der Waals surface area contributed by atoms with Crippen LogP contribution in [-0.2, 0) is 16.0 Å². The molecule has 0 unspecified atom stereocenters. The van der Waals surface area contributed by atoms with Gasteiger partial charge in [0.05, 0.1) is 12.0 Å². The van der Waals surface area contributed by atoms with Crippen LogP contribution in [0.15, 0.2) is 48.5 Å². The average molecular weight is 513 g/mol. The molecule has 7 heteroatoms. The van der Waals surface area contributed by atoms with Gasteiger partial charge in [-0.05, 0) is 81.1 Å². The number of halogens is 1. The number of nitrogens with one attached hydrogen (secondary N) is 2. The highest BCUT2D eigenvalue weighted by molar-refractivity contribution is 6.36. The number of likely N-dealkylation sites (tertiary alicyclic amines) is 2. The van der Waals surface area contributed by atoms with Crippen LogP contribution in [0.4, 0.5) is 10.1 Å². The smallest absolute Gasteiger partial charge is 0.256 e. The first-order valence-corrected chi connectivity index (χ1v) is 13.6. The van der Waals surface area contributed by atoms with E-state index < -0.39 is 0 Å². The summed E-state index contributed by atoms with van der Waals surface area (Å²) in [5.41, 5.74) is 5.44. The van der Waals surface area contributed by atoms with E-state index in [2.05, 4.69) is 20.1 Å². The Balaban J connectivity index is 1.30. The summed E-state index contributed by atoms with van der Waals surface area (Å²) in [6.07, 6.45) is 6.69. The number of hydrogen-bond donors (Lipinski definition) is 2. The number of benzene rings is 2. The van der Waals surface area contributed by atoms with Crippen molar-refractivity contribution in [3.63, 3.8) is 0 Å². The summed E-state index contributed by atoms with van der Waals surface area (Å²) in [7, 11) is 0. The summed E-state index contributed by atoms with van der Waals surface area (Å²) in [6.45, 7) is 5.98. The second-order valence-electron chi connectivity index (χ2n) is 10.7. The van der Waals surface area contributed by atoms with E-state index in [1.807, 2.05) is 37.3 Å². The highest BCUT2D eigenvalue weighted by Crippen LogP contribution is 2.41. The molecule has 2 N–H and O–H groups in total. The fraction of sp³-hybridized carbons (Fsp3) is 0.355. The van der Waals surface area contributed by atoms with Crippen molar-refractivity contribution in [1.82, 2.24) is 14.8 Å². The first-order chi connectivity index (χ1) is 18.5. The van der Waals surface area contributed by atoms with Crippen LogP contribution in [0.2, 0.25) is 0 Å². The Hall–Kier alpha value is -3.71. The largest absolute Gasteiger partial charge is 0.359 e. The molecular weight excluding hydrogens is 479 g/mol. The Bertz CT molecular complexity index is 1420.